The average molecular weight is 256 g/mol. The number of fused-ring (bicyclic) bond motifs is 3. The first kappa shape index (κ1) is 11.6. The minimum absolute atomic E-state index is 0.555. The largest absolute Gasteiger partial charge is 0.481 e. The third kappa shape index (κ3) is 1.91. The summed E-state index contributed by atoms with van der Waals surface area (Å²) < 4.78 is 10.7. The lowest BCUT2D eigenvalue weighted by Gasteiger charge is -2.21. The van der Waals surface area contributed by atoms with Crippen LogP contribution in [-0.2, 0) is 9.53 Å². The Labute approximate surface area is 110 Å². The van der Waals surface area contributed by atoms with Crippen LogP contribution >= 0.6 is 0 Å². The zero-order valence-corrected chi connectivity index (χ0v) is 10.3. The van der Waals surface area contributed by atoms with Crippen LogP contribution in [0.2, 0.25) is 0 Å². The van der Waals surface area contributed by atoms with E-state index in [1.165, 1.54) is 0 Å². The Morgan fingerprint density at radius 1 is 1.32 bits per heavy atom. The summed E-state index contributed by atoms with van der Waals surface area (Å²) in [6.45, 7) is 1.66. The summed E-state index contributed by atoms with van der Waals surface area (Å²) in [5.74, 6) is -0.697. The van der Waals surface area contributed by atoms with Gasteiger partial charge in [0, 0.05) is 16.7 Å². The maximum absolute atomic E-state index is 11.1. The number of hydrogen-bond acceptors (Lipinski definition) is 3. The van der Waals surface area contributed by atoms with Crippen molar-refractivity contribution in [2.45, 2.75) is 12.8 Å². The fraction of sp³-hybridized carbons (Fsp3) is 0.133. The lowest BCUT2D eigenvalue weighted by molar-refractivity contribution is -0.138. The van der Waals surface area contributed by atoms with Crippen molar-refractivity contribution in [2.75, 3.05) is 0 Å². The molecule has 0 spiro atoms. The summed E-state index contributed by atoms with van der Waals surface area (Å²) >= 11 is 0. The quantitative estimate of drug-likeness (QED) is 0.883. The molecular formula is C15H12O4. The Bertz CT molecular complexity index is 638. The SMILES string of the molecule is CC(C(=O)O)c1ccc2c(c1)C1=COC=CC1=CO2. The van der Waals surface area contributed by atoms with E-state index in [2.05, 4.69) is 0 Å². The Morgan fingerprint density at radius 2 is 2.16 bits per heavy atom. The average Bonchev–Trinajstić information content (AvgIpc) is 2.45. The Hall–Kier alpha value is -2.49. The molecule has 4 heteroatoms. The molecule has 0 saturated carbocycles. The molecule has 1 aromatic rings. The molecule has 2 heterocycles. The summed E-state index contributed by atoms with van der Waals surface area (Å²) in [4.78, 5) is 11.1. The van der Waals surface area contributed by atoms with Gasteiger partial charge in [0.1, 0.15) is 5.75 Å². The van der Waals surface area contributed by atoms with Crippen molar-refractivity contribution in [2.24, 2.45) is 0 Å². The molecule has 1 atom stereocenters. The van der Waals surface area contributed by atoms with Crippen molar-refractivity contribution < 1.29 is 19.4 Å². The molecular weight excluding hydrogens is 244 g/mol. The molecule has 3 rings (SSSR count). The van der Waals surface area contributed by atoms with Crippen LogP contribution in [0.25, 0.3) is 5.57 Å². The normalized spacial score (nSPS) is 17.1. The van der Waals surface area contributed by atoms with Gasteiger partial charge in [0.05, 0.1) is 24.7 Å². The second-order valence-corrected chi connectivity index (χ2v) is 4.48. The molecule has 0 bridgehead atoms. The molecule has 1 N–H and O–H groups in total. The van der Waals surface area contributed by atoms with Gasteiger partial charge in [0.15, 0.2) is 0 Å². The first-order valence-corrected chi connectivity index (χ1v) is 5.93. The van der Waals surface area contributed by atoms with Crippen LogP contribution in [0.1, 0.15) is 24.0 Å². The molecule has 0 saturated heterocycles. The predicted octanol–water partition coefficient (Wildman–Crippen LogP) is 3.04. The Balaban J connectivity index is 2.07. The van der Waals surface area contributed by atoms with E-state index in [-0.39, 0.29) is 0 Å². The number of rotatable bonds is 2. The van der Waals surface area contributed by atoms with E-state index in [4.69, 9.17) is 14.6 Å². The third-order valence-corrected chi connectivity index (χ3v) is 3.30. The second kappa shape index (κ2) is 4.31. The van der Waals surface area contributed by atoms with E-state index >= 15 is 0 Å². The van der Waals surface area contributed by atoms with Gasteiger partial charge in [-0.3, -0.25) is 4.79 Å². The monoisotopic (exact) mass is 256 g/mol. The molecule has 1 unspecified atom stereocenters. The van der Waals surface area contributed by atoms with Gasteiger partial charge in [-0.2, -0.15) is 0 Å². The van der Waals surface area contributed by atoms with Crippen molar-refractivity contribution in [3.63, 3.8) is 0 Å². The number of aliphatic carboxylic acids is 1. The number of hydrogen-bond donors (Lipinski definition) is 1. The third-order valence-electron chi connectivity index (χ3n) is 3.30. The first-order valence-electron chi connectivity index (χ1n) is 5.93. The minimum Gasteiger partial charge on any atom is -0.481 e. The molecule has 2 aliphatic heterocycles. The molecule has 0 amide bonds. The fourth-order valence-electron chi connectivity index (χ4n) is 2.10. The maximum atomic E-state index is 11.1. The smallest absolute Gasteiger partial charge is 0.310 e. The van der Waals surface area contributed by atoms with Crippen LogP contribution in [-0.4, -0.2) is 11.1 Å². The first-order chi connectivity index (χ1) is 9.16. The summed E-state index contributed by atoms with van der Waals surface area (Å²) in [5.41, 5.74) is 3.42. The molecule has 96 valence electrons. The summed E-state index contributed by atoms with van der Waals surface area (Å²) in [6, 6.07) is 5.41. The highest BCUT2D eigenvalue weighted by Gasteiger charge is 2.22. The van der Waals surface area contributed by atoms with Gasteiger partial charge >= 0.3 is 5.97 Å². The molecule has 4 nitrogen and oxygen atoms in total. The van der Waals surface area contributed by atoms with Crippen LogP contribution in [0.3, 0.4) is 0 Å². The van der Waals surface area contributed by atoms with E-state index in [1.807, 2.05) is 12.1 Å². The van der Waals surface area contributed by atoms with Gasteiger partial charge in [0.2, 0.25) is 0 Å². The predicted molar refractivity (Wildman–Crippen MR) is 69.4 cm³/mol. The van der Waals surface area contributed by atoms with Crippen LogP contribution in [0.15, 0.2) is 48.6 Å². The van der Waals surface area contributed by atoms with E-state index in [0.717, 1.165) is 22.3 Å². The Kier molecular flexibility index (Phi) is 2.63. The molecule has 0 aliphatic carbocycles. The van der Waals surface area contributed by atoms with Crippen LogP contribution in [0, 0.1) is 0 Å². The van der Waals surface area contributed by atoms with Crippen molar-refractivity contribution >= 4 is 11.5 Å². The zero-order valence-electron chi connectivity index (χ0n) is 10.3. The zero-order chi connectivity index (χ0) is 13.4. The minimum atomic E-state index is -0.846. The highest BCUT2D eigenvalue weighted by molar-refractivity contribution is 5.87. The molecule has 1 aromatic carbocycles. The molecule has 0 fully saturated rings. The second-order valence-electron chi connectivity index (χ2n) is 4.48. The Morgan fingerprint density at radius 3 is 2.95 bits per heavy atom. The van der Waals surface area contributed by atoms with Crippen LogP contribution in [0.5, 0.6) is 5.75 Å². The van der Waals surface area contributed by atoms with Crippen molar-refractivity contribution in [3.05, 3.63) is 59.8 Å². The van der Waals surface area contributed by atoms with Gasteiger partial charge in [-0.15, -0.1) is 0 Å². The van der Waals surface area contributed by atoms with E-state index < -0.39 is 11.9 Å². The van der Waals surface area contributed by atoms with E-state index in [1.54, 1.807) is 37.8 Å². The lowest BCUT2D eigenvalue weighted by Crippen LogP contribution is -2.09. The van der Waals surface area contributed by atoms with Gasteiger partial charge in [0.25, 0.3) is 0 Å². The van der Waals surface area contributed by atoms with Crippen LogP contribution < -0.4 is 4.74 Å². The number of ether oxygens (including phenoxy) is 2. The molecule has 19 heavy (non-hydrogen) atoms. The van der Waals surface area contributed by atoms with E-state index in [0.29, 0.717) is 5.75 Å². The number of allylic oxidation sites excluding steroid dienone is 3. The number of benzene rings is 1. The highest BCUT2D eigenvalue weighted by atomic mass is 16.5. The highest BCUT2D eigenvalue weighted by Crippen LogP contribution is 2.39. The summed E-state index contributed by atoms with van der Waals surface area (Å²) in [5, 5.41) is 9.08. The number of carboxylic acids is 1. The molecule has 0 aromatic heterocycles. The fourth-order valence-corrected chi connectivity index (χ4v) is 2.10. The summed E-state index contributed by atoms with van der Waals surface area (Å²) in [7, 11) is 0. The van der Waals surface area contributed by atoms with E-state index in [9.17, 15) is 4.79 Å². The van der Waals surface area contributed by atoms with Gasteiger partial charge < -0.3 is 14.6 Å². The van der Waals surface area contributed by atoms with Crippen molar-refractivity contribution in [1.29, 1.82) is 0 Å². The summed E-state index contributed by atoms with van der Waals surface area (Å²) in [6.07, 6.45) is 6.69. The number of carbonyl (C=O) groups is 1. The van der Waals surface area contributed by atoms with Crippen molar-refractivity contribution in [1.82, 2.24) is 0 Å². The van der Waals surface area contributed by atoms with Gasteiger partial charge in [-0.25, -0.2) is 0 Å². The molecule has 2 aliphatic rings. The van der Waals surface area contributed by atoms with Gasteiger partial charge in [-0.1, -0.05) is 6.07 Å². The lowest BCUT2D eigenvalue weighted by atomic mass is 9.91. The van der Waals surface area contributed by atoms with Crippen LogP contribution in [0.4, 0.5) is 0 Å². The van der Waals surface area contributed by atoms with Crippen molar-refractivity contribution in [3.8, 4) is 5.75 Å². The maximum Gasteiger partial charge on any atom is 0.310 e. The molecule has 0 radical (unpaired) electrons. The standard InChI is InChI=1S/C15H12O4/c1-9(15(16)17)10-2-3-14-12(6-10)13-8-18-5-4-11(13)7-19-14/h2-9H,1H3,(H,16,17). The topological polar surface area (TPSA) is 55.8 Å². The van der Waals surface area contributed by atoms with Gasteiger partial charge in [-0.05, 0) is 30.7 Å². The number of carboxylic acid groups (broad SMARTS) is 1.